The number of hydrogen-bond donors (Lipinski definition) is 0. The Labute approximate surface area is 85.8 Å². The maximum absolute atomic E-state index is 9.85. The third-order valence-electron chi connectivity index (χ3n) is 1.87. The molecule has 68 valence electrons. The van der Waals surface area contributed by atoms with E-state index in [1.165, 1.54) is 17.2 Å². The van der Waals surface area contributed by atoms with Crippen LogP contribution in [-0.4, -0.2) is 12.6 Å². The van der Waals surface area contributed by atoms with Gasteiger partial charge in [-0.1, -0.05) is 22.0 Å². The van der Waals surface area contributed by atoms with Gasteiger partial charge in [0.1, 0.15) is 0 Å². The number of carbonyl (C=O) groups excluding carboxylic acids is 1. The van der Waals surface area contributed by atoms with Crippen LogP contribution in [-0.2, 0) is 11.2 Å². The van der Waals surface area contributed by atoms with Crippen molar-refractivity contribution in [1.82, 2.24) is 0 Å². The lowest BCUT2D eigenvalue weighted by molar-refractivity contribution is 0.563. The van der Waals surface area contributed by atoms with Crippen molar-refractivity contribution in [3.63, 3.8) is 0 Å². The molecule has 0 fully saturated rings. The molecule has 0 atom stereocenters. The van der Waals surface area contributed by atoms with E-state index in [4.69, 9.17) is 0 Å². The van der Waals surface area contributed by atoms with Gasteiger partial charge in [-0.15, -0.1) is 0 Å². The molecule has 1 rings (SSSR count). The zero-order valence-corrected chi connectivity index (χ0v) is 8.97. The smallest absolute Gasteiger partial charge is 0.211 e. The molecule has 0 radical (unpaired) electrons. The van der Waals surface area contributed by atoms with Gasteiger partial charge in [-0.25, -0.2) is 9.79 Å². The molecule has 2 nitrogen and oxygen atoms in total. The minimum Gasteiger partial charge on any atom is -0.211 e. The van der Waals surface area contributed by atoms with E-state index in [9.17, 15) is 4.79 Å². The summed E-state index contributed by atoms with van der Waals surface area (Å²) in [4.78, 5) is 13.4. The highest BCUT2D eigenvalue weighted by Crippen LogP contribution is 2.16. The molecular formula is C10H10BrNO. The molecule has 3 heteroatoms. The fourth-order valence-electron chi connectivity index (χ4n) is 1.13. The summed E-state index contributed by atoms with van der Waals surface area (Å²) in [6, 6.07) is 6.10. The van der Waals surface area contributed by atoms with E-state index in [1.807, 2.05) is 19.1 Å². The predicted octanol–water partition coefficient (Wildman–Crippen LogP) is 2.64. The maximum atomic E-state index is 9.85. The lowest BCUT2D eigenvalue weighted by Gasteiger charge is -2.03. The number of isocyanates is 1. The number of aryl methyl sites for hydroxylation is 1. The fourth-order valence-corrected chi connectivity index (χ4v) is 1.54. The Morgan fingerprint density at radius 2 is 2.31 bits per heavy atom. The van der Waals surface area contributed by atoms with Crippen molar-refractivity contribution < 1.29 is 4.79 Å². The molecule has 0 heterocycles. The maximum Gasteiger partial charge on any atom is 0.234 e. The Balaban J connectivity index is 2.75. The van der Waals surface area contributed by atoms with Gasteiger partial charge in [-0.3, -0.25) is 0 Å². The van der Waals surface area contributed by atoms with Crippen LogP contribution in [0.5, 0.6) is 0 Å². The van der Waals surface area contributed by atoms with Crippen LogP contribution in [0.15, 0.2) is 27.7 Å². The van der Waals surface area contributed by atoms with E-state index in [1.54, 1.807) is 0 Å². The summed E-state index contributed by atoms with van der Waals surface area (Å²) in [7, 11) is 0. The molecular weight excluding hydrogens is 230 g/mol. The highest BCUT2D eigenvalue weighted by atomic mass is 79.9. The minimum absolute atomic E-state index is 0.515. The number of aliphatic imine (C=N–C) groups is 1. The number of nitrogens with zero attached hydrogens (tertiary/aromatic N) is 1. The SMILES string of the molecule is Cc1ccc(Br)cc1CCN=C=O. The molecule has 0 N–H and O–H groups in total. The van der Waals surface area contributed by atoms with Gasteiger partial charge in [-0.2, -0.15) is 0 Å². The summed E-state index contributed by atoms with van der Waals surface area (Å²) in [6.07, 6.45) is 2.33. The minimum atomic E-state index is 0.515. The summed E-state index contributed by atoms with van der Waals surface area (Å²) in [5, 5.41) is 0. The van der Waals surface area contributed by atoms with Crippen molar-refractivity contribution in [2.75, 3.05) is 6.54 Å². The fraction of sp³-hybridized carbons (Fsp3) is 0.300. The van der Waals surface area contributed by atoms with Gasteiger partial charge in [0, 0.05) is 4.47 Å². The van der Waals surface area contributed by atoms with Gasteiger partial charge in [0.05, 0.1) is 6.54 Å². The van der Waals surface area contributed by atoms with Crippen molar-refractivity contribution in [3.05, 3.63) is 33.8 Å². The van der Waals surface area contributed by atoms with Gasteiger partial charge in [0.2, 0.25) is 6.08 Å². The molecule has 0 amide bonds. The molecule has 0 spiro atoms. The average molecular weight is 240 g/mol. The van der Waals surface area contributed by atoms with Crippen molar-refractivity contribution in [2.24, 2.45) is 4.99 Å². The van der Waals surface area contributed by atoms with E-state index in [2.05, 4.69) is 27.0 Å². The Hall–Kier alpha value is -0.920. The third kappa shape index (κ3) is 3.13. The van der Waals surface area contributed by atoms with Crippen molar-refractivity contribution >= 4 is 22.0 Å². The van der Waals surface area contributed by atoms with E-state index < -0.39 is 0 Å². The second-order valence-corrected chi connectivity index (χ2v) is 3.71. The highest BCUT2D eigenvalue weighted by molar-refractivity contribution is 9.10. The van der Waals surface area contributed by atoms with Crippen molar-refractivity contribution in [2.45, 2.75) is 13.3 Å². The molecule has 0 aromatic heterocycles. The van der Waals surface area contributed by atoms with Crippen LogP contribution in [0.2, 0.25) is 0 Å². The Morgan fingerprint density at radius 3 is 3.00 bits per heavy atom. The lowest BCUT2D eigenvalue weighted by Crippen LogP contribution is -1.92. The van der Waals surface area contributed by atoms with Crippen LogP contribution in [0.1, 0.15) is 11.1 Å². The molecule has 0 unspecified atom stereocenters. The van der Waals surface area contributed by atoms with Crippen LogP contribution in [0.3, 0.4) is 0 Å². The van der Waals surface area contributed by atoms with Crippen LogP contribution in [0.25, 0.3) is 0 Å². The standard InChI is InChI=1S/C10H10BrNO/c1-8-2-3-10(11)6-9(8)4-5-12-7-13/h2-3,6H,4-5H2,1H3. The van der Waals surface area contributed by atoms with Crippen molar-refractivity contribution in [3.8, 4) is 0 Å². The topological polar surface area (TPSA) is 29.4 Å². The van der Waals surface area contributed by atoms with Gasteiger partial charge in [0.25, 0.3) is 0 Å². The molecule has 0 aliphatic carbocycles. The molecule has 0 aliphatic rings. The highest BCUT2D eigenvalue weighted by Gasteiger charge is 1.98. The number of halogens is 1. The van der Waals surface area contributed by atoms with Crippen LogP contribution < -0.4 is 0 Å². The first-order valence-electron chi connectivity index (χ1n) is 4.02. The van der Waals surface area contributed by atoms with Gasteiger partial charge >= 0.3 is 0 Å². The van der Waals surface area contributed by atoms with E-state index in [-0.39, 0.29) is 0 Å². The summed E-state index contributed by atoms with van der Waals surface area (Å²) < 4.78 is 1.06. The van der Waals surface area contributed by atoms with Gasteiger partial charge in [-0.05, 0) is 36.6 Å². The second kappa shape index (κ2) is 4.95. The first kappa shape index (κ1) is 10.2. The van der Waals surface area contributed by atoms with Crippen LogP contribution in [0, 0.1) is 6.92 Å². The first-order chi connectivity index (χ1) is 6.24. The largest absolute Gasteiger partial charge is 0.234 e. The van der Waals surface area contributed by atoms with E-state index in [0.29, 0.717) is 6.54 Å². The molecule has 0 bridgehead atoms. The summed E-state index contributed by atoms with van der Waals surface area (Å²) >= 11 is 3.40. The van der Waals surface area contributed by atoms with Crippen LogP contribution >= 0.6 is 15.9 Å². The molecule has 0 saturated carbocycles. The molecule has 1 aromatic rings. The first-order valence-corrected chi connectivity index (χ1v) is 4.82. The lowest BCUT2D eigenvalue weighted by atomic mass is 10.1. The Bertz CT molecular complexity index is 343. The van der Waals surface area contributed by atoms with E-state index >= 15 is 0 Å². The average Bonchev–Trinajstić information content (AvgIpc) is 2.11. The summed E-state index contributed by atoms with van der Waals surface area (Å²) in [5.74, 6) is 0. The normalized spacial score (nSPS) is 9.38. The quantitative estimate of drug-likeness (QED) is 0.589. The number of rotatable bonds is 3. The third-order valence-corrected chi connectivity index (χ3v) is 2.36. The number of benzene rings is 1. The predicted molar refractivity (Wildman–Crippen MR) is 55.6 cm³/mol. The van der Waals surface area contributed by atoms with E-state index in [0.717, 1.165) is 10.9 Å². The molecule has 0 saturated heterocycles. The monoisotopic (exact) mass is 239 g/mol. The molecule has 0 aliphatic heterocycles. The van der Waals surface area contributed by atoms with Crippen LogP contribution in [0.4, 0.5) is 0 Å². The van der Waals surface area contributed by atoms with Gasteiger partial charge in [0.15, 0.2) is 0 Å². The summed E-state index contributed by atoms with van der Waals surface area (Å²) in [6.45, 7) is 2.56. The zero-order valence-electron chi connectivity index (χ0n) is 7.38. The second-order valence-electron chi connectivity index (χ2n) is 2.79. The molecule has 1 aromatic carbocycles. The zero-order chi connectivity index (χ0) is 9.68. The Morgan fingerprint density at radius 1 is 1.54 bits per heavy atom. The molecule has 13 heavy (non-hydrogen) atoms. The van der Waals surface area contributed by atoms with Gasteiger partial charge < -0.3 is 0 Å². The Kier molecular flexibility index (Phi) is 3.87. The van der Waals surface area contributed by atoms with Crippen molar-refractivity contribution in [1.29, 1.82) is 0 Å². The number of hydrogen-bond acceptors (Lipinski definition) is 2. The summed E-state index contributed by atoms with van der Waals surface area (Å²) in [5.41, 5.74) is 2.44.